The molecule has 2 fully saturated rings. The molecule has 0 unspecified atom stereocenters. The van der Waals surface area contributed by atoms with Crippen molar-refractivity contribution >= 4 is 5.97 Å². The standard InChI is InChI=1S/C30H54O12/c1-2-3-4-5-6-7-8-9-10-11-12-13-14-15-16-17-23(34)40-28-25(36)22(19-32)41-30(28,20-33)42-29-27(38)26(37)24(35)21(18-31)39-29/h9-10,21-22,24-29,31-33,35-38H,2-8,11-20H2,1H3/b10-9-/t21-,22-,24-,25-,26+,27-,28+,29-,30+/m1/s1. The van der Waals surface area contributed by atoms with Gasteiger partial charge in [0.15, 0.2) is 12.4 Å². The van der Waals surface area contributed by atoms with Crippen molar-refractivity contribution < 1.29 is 59.5 Å². The average molecular weight is 607 g/mol. The van der Waals surface area contributed by atoms with Crippen molar-refractivity contribution in [2.75, 3.05) is 19.8 Å². The molecule has 9 atom stereocenters. The molecule has 0 spiro atoms. The highest BCUT2D eigenvalue weighted by Crippen LogP contribution is 2.38. The summed E-state index contributed by atoms with van der Waals surface area (Å²) in [6.07, 6.45) is 6.28. The first-order valence-electron chi connectivity index (χ1n) is 15.6. The number of aliphatic hydroxyl groups is 7. The van der Waals surface area contributed by atoms with E-state index < -0.39 is 80.6 Å². The molecule has 0 aromatic carbocycles. The van der Waals surface area contributed by atoms with Crippen LogP contribution in [0.3, 0.4) is 0 Å². The first-order chi connectivity index (χ1) is 20.2. The molecule has 12 nitrogen and oxygen atoms in total. The van der Waals surface area contributed by atoms with E-state index in [0.29, 0.717) is 6.42 Å². The highest BCUT2D eigenvalue weighted by molar-refractivity contribution is 5.69. The Labute approximate surface area is 249 Å². The average Bonchev–Trinajstić information content (AvgIpc) is 3.25. The summed E-state index contributed by atoms with van der Waals surface area (Å²) in [4.78, 5) is 12.6. The summed E-state index contributed by atoms with van der Waals surface area (Å²) in [6.45, 7) is -0.151. The van der Waals surface area contributed by atoms with E-state index in [4.69, 9.17) is 18.9 Å². The summed E-state index contributed by atoms with van der Waals surface area (Å²) in [5.74, 6) is -2.92. The zero-order valence-electron chi connectivity index (χ0n) is 25.0. The highest BCUT2D eigenvalue weighted by Gasteiger charge is 2.60. The molecule has 2 saturated heterocycles. The molecule has 2 rings (SSSR count). The van der Waals surface area contributed by atoms with Crippen LogP contribution in [-0.2, 0) is 23.7 Å². The number of carbonyl (C=O) groups excluding carboxylic acids is 1. The fourth-order valence-electron chi connectivity index (χ4n) is 5.31. The molecule has 7 N–H and O–H groups in total. The van der Waals surface area contributed by atoms with Crippen LogP contribution in [0.15, 0.2) is 12.2 Å². The Morgan fingerprint density at radius 3 is 1.88 bits per heavy atom. The second-order valence-electron chi connectivity index (χ2n) is 11.4. The molecule has 0 aromatic heterocycles. The van der Waals surface area contributed by atoms with Crippen molar-refractivity contribution in [3.63, 3.8) is 0 Å². The molecule has 12 heteroatoms. The Kier molecular flexibility index (Phi) is 17.6. The lowest BCUT2D eigenvalue weighted by atomic mass is 9.99. The summed E-state index contributed by atoms with van der Waals surface area (Å²) in [7, 11) is 0. The smallest absolute Gasteiger partial charge is 0.306 e. The van der Waals surface area contributed by atoms with Gasteiger partial charge in [0.2, 0.25) is 5.79 Å². The van der Waals surface area contributed by atoms with Gasteiger partial charge in [-0.3, -0.25) is 4.79 Å². The number of aliphatic hydroxyl groups excluding tert-OH is 7. The van der Waals surface area contributed by atoms with Gasteiger partial charge in [0.1, 0.15) is 43.2 Å². The van der Waals surface area contributed by atoms with Crippen LogP contribution in [0.1, 0.15) is 96.8 Å². The zero-order chi connectivity index (χ0) is 31.0. The molecule has 0 amide bonds. The second-order valence-corrected chi connectivity index (χ2v) is 11.4. The summed E-state index contributed by atoms with van der Waals surface area (Å²) < 4.78 is 21.9. The van der Waals surface area contributed by atoms with Crippen molar-refractivity contribution in [1.82, 2.24) is 0 Å². The molecule has 2 heterocycles. The predicted octanol–water partition coefficient (Wildman–Crippen LogP) is 1.19. The third kappa shape index (κ3) is 11.1. The molecule has 42 heavy (non-hydrogen) atoms. The largest absolute Gasteiger partial charge is 0.454 e. The lowest BCUT2D eigenvalue weighted by molar-refractivity contribution is -0.383. The number of carbonyl (C=O) groups is 1. The molecule has 2 aliphatic heterocycles. The van der Waals surface area contributed by atoms with Crippen LogP contribution in [0.4, 0.5) is 0 Å². The first-order valence-corrected chi connectivity index (χ1v) is 15.6. The Hall–Kier alpha value is -1.19. The lowest BCUT2D eigenvalue weighted by Crippen LogP contribution is -2.63. The number of hydrogen-bond donors (Lipinski definition) is 7. The van der Waals surface area contributed by atoms with Gasteiger partial charge in [-0.05, 0) is 32.1 Å². The van der Waals surface area contributed by atoms with Gasteiger partial charge >= 0.3 is 5.97 Å². The van der Waals surface area contributed by atoms with Gasteiger partial charge in [0.05, 0.1) is 13.2 Å². The van der Waals surface area contributed by atoms with Gasteiger partial charge in [-0.2, -0.15) is 0 Å². The molecule has 2 aliphatic rings. The Balaban J connectivity index is 1.76. The summed E-state index contributed by atoms with van der Waals surface area (Å²) in [5, 5.41) is 70.3. The maximum atomic E-state index is 12.6. The van der Waals surface area contributed by atoms with E-state index in [1.54, 1.807) is 0 Å². The van der Waals surface area contributed by atoms with Crippen LogP contribution in [0.25, 0.3) is 0 Å². The van der Waals surface area contributed by atoms with Crippen molar-refractivity contribution in [1.29, 1.82) is 0 Å². The number of hydrogen-bond acceptors (Lipinski definition) is 12. The fourth-order valence-corrected chi connectivity index (χ4v) is 5.31. The lowest BCUT2D eigenvalue weighted by Gasteiger charge is -2.43. The molecule has 0 bridgehead atoms. The van der Waals surface area contributed by atoms with E-state index in [9.17, 15) is 40.5 Å². The summed E-state index contributed by atoms with van der Waals surface area (Å²) in [5.41, 5.74) is 0. The minimum Gasteiger partial charge on any atom is -0.454 e. The Morgan fingerprint density at radius 1 is 0.738 bits per heavy atom. The van der Waals surface area contributed by atoms with Gasteiger partial charge in [-0.1, -0.05) is 70.4 Å². The molecule has 0 saturated carbocycles. The van der Waals surface area contributed by atoms with Crippen LogP contribution in [0.2, 0.25) is 0 Å². The van der Waals surface area contributed by atoms with Gasteiger partial charge in [0.25, 0.3) is 0 Å². The van der Waals surface area contributed by atoms with Crippen LogP contribution < -0.4 is 0 Å². The summed E-state index contributed by atoms with van der Waals surface area (Å²) >= 11 is 0. The molecular weight excluding hydrogens is 552 g/mol. The van der Waals surface area contributed by atoms with E-state index >= 15 is 0 Å². The SMILES string of the molecule is CCCCCCCC/C=C\CCCCCCCC(=O)O[C@H]1[C@H](O)[C@@H](CO)O[C@@]1(CO)O[C@H]1O[C@H](CO)[C@@H](O)[C@H](O)[C@H]1O. The normalized spacial score (nSPS) is 33.4. The third-order valence-electron chi connectivity index (χ3n) is 7.94. The molecular formula is C30H54O12. The molecule has 0 radical (unpaired) electrons. The predicted molar refractivity (Wildman–Crippen MR) is 152 cm³/mol. The van der Waals surface area contributed by atoms with Crippen LogP contribution in [0.5, 0.6) is 0 Å². The van der Waals surface area contributed by atoms with Crippen LogP contribution in [-0.4, -0.2) is 116 Å². The maximum absolute atomic E-state index is 12.6. The van der Waals surface area contributed by atoms with Gasteiger partial charge in [-0.15, -0.1) is 0 Å². The van der Waals surface area contributed by atoms with E-state index in [0.717, 1.165) is 38.5 Å². The topological polar surface area (TPSA) is 196 Å². The van der Waals surface area contributed by atoms with Gasteiger partial charge < -0.3 is 54.7 Å². The maximum Gasteiger partial charge on any atom is 0.306 e. The first kappa shape index (κ1) is 37.0. The fraction of sp³-hybridized carbons (Fsp3) is 0.900. The second kappa shape index (κ2) is 20.0. The number of esters is 1. The number of allylic oxidation sites excluding steroid dienone is 2. The van der Waals surface area contributed by atoms with Crippen molar-refractivity contribution in [3.05, 3.63) is 12.2 Å². The zero-order valence-corrected chi connectivity index (χ0v) is 25.0. The van der Waals surface area contributed by atoms with E-state index in [-0.39, 0.29) is 6.42 Å². The highest BCUT2D eigenvalue weighted by atomic mass is 16.8. The Bertz CT molecular complexity index is 765. The Morgan fingerprint density at radius 2 is 1.31 bits per heavy atom. The van der Waals surface area contributed by atoms with Gasteiger partial charge in [-0.25, -0.2) is 0 Å². The molecule has 0 aliphatic carbocycles. The van der Waals surface area contributed by atoms with Crippen LogP contribution in [0, 0.1) is 0 Å². The van der Waals surface area contributed by atoms with Gasteiger partial charge in [0, 0.05) is 6.42 Å². The minimum absolute atomic E-state index is 0.0483. The third-order valence-corrected chi connectivity index (χ3v) is 7.94. The van der Waals surface area contributed by atoms with Crippen molar-refractivity contribution in [2.24, 2.45) is 0 Å². The van der Waals surface area contributed by atoms with Crippen molar-refractivity contribution in [3.8, 4) is 0 Å². The number of rotatable bonds is 21. The van der Waals surface area contributed by atoms with Crippen LogP contribution >= 0.6 is 0 Å². The quantitative estimate of drug-likeness (QED) is 0.0561. The molecule has 246 valence electrons. The molecule has 0 aromatic rings. The summed E-state index contributed by atoms with van der Waals surface area (Å²) in [6, 6.07) is 0. The van der Waals surface area contributed by atoms with E-state index in [1.165, 1.54) is 38.5 Å². The van der Waals surface area contributed by atoms with E-state index in [1.807, 2.05) is 0 Å². The number of unbranched alkanes of at least 4 members (excludes halogenated alkanes) is 11. The minimum atomic E-state index is -2.25. The van der Waals surface area contributed by atoms with Crippen molar-refractivity contribution in [2.45, 2.75) is 152 Å². The number of ether oxygens (including phenoxy) is 4. The van der Waals surface area contributed by atoms with E-state index in [2.05, 4.69) is 19.1 Å². The monoisotopic (exact) mass is 606 g/mol.